The fourth-order valence-corrected chi connectivity index (χ4v) is 1.92. The Balaban J connectivity index is 2.92. The monoisotopic (exact) mass is 265 g/mol. The number of carbonyl (C=O) groups is 2. The Morgan fingerprint density at radius 1 is 1.42 bits per heavy atom. The lowest BCUT2D eigenvalue weighted by Crippen LogP contribution is -2.41. The van der Waals surface area contributed by atoms with Crippen LogP contribution in [0.4, 0.5) is 0 Å². The van der Waals surface area contributed by atoms with E-state index in [1.54, 1.807) is 32.2 Å². The second kappa shape index (κ2) is 6.89. The predicted octanol–water partition coefficient (Wildman–Crippen LogP) is 1.77. The zero-order chi connectivity index (χ0) is 14.4. The summed E-state index contributed by atoms with van der Waals surface area (Å²) in [6, 6.07) is 6.20. The second-order valence-electron chi connectivity index (χ2n) is 4.31. The third-order valence-corrected chi connectivity index (χ3v) is 2.94. The topological polar surface area (TPSA) is 66.8 Å². The first-order chi connectivity index (χ1) is 9.01. The minimum absolute atomic E-state index is 0.299. The molecular formula is C14H19NO4. The number of carboxylic acids is 1. The van der Waals surface area contributed by atoms with Crippen molar-refractivity contribution in [2.24, 2.45) is 0 Å². The SMILES string of the molecule is CCC(C(=O)O)N(C)C(=O)c1cccc(COC)c1. The van der Waals surface area contributed by atoms with E-state index in [1.165, 1.54) is 11.9 Å². The Kier molecular flexibility index (Phi) is 5.51. The normalized spacial score (nSPS) is 11.9. The molecule has 0 radical (unpaired) electrons. The van der Waals surface area contributed by atoms with Crippen molar-refractivity contribution >= 4 is 11.9 Å². The first-order valence-electron chi connectivity index (χ1n) is 6.09. The Bertz CT molecular complexity index is 459. The first-order valence-corrected chi connectivity index (χ1v) is 6.09. The molecule has 0 aliphatic heterocycles. The van der Waals surface area contributed by atoms with Crippen LogP contribution in [0.25, 0.3) is 0 Å². The summed E-state index contributed by atoms with van der Waals surface area (Å²) in [6.07, 6.45) is 0.370. The number of amides is 1. The molecule has 1 amide bonds. The molecule has 1 rings (SSSR count). The van der Waals surface area contributed by atoms with Crippen molar-refractivity contribution < 1.29 is 19.4 Å². The van der Waals surface area contributed by atoms with Gasteiger partial charge in [0.2, 0.25) is 0 Å². The molecule has 1 aromatic rings. The van der Waals surface area contributed by atoms with Gasteiger partial charge in [-0.2, -0.15) is 0 Å². The number of rotatable bonds is 6. The van der Waals surface area contributed by atoms with Gasteiger partial charge >= 0.3 is 5.97 Å². The van der Waals surface area contributed by atoms with Gasteiger partial charge in [0.1, 0.15) is 6.04 Å². The average Bonchev–Trinajstić information content (AvgIpc) is 2.39. The van der Waals surface area contributed by atoms with Gasteiger partial charge in [-0.25, -0.2) is 4.79 Å². The maximum absolute atomic E-state index is 12.2. The van der Waals surface area contributed by atoms with E-state index < -0.39 is 12.0 Å². The molecule has 19 heavy (non-hydrogen) atoms. The van der Waals surface area contributed by atoms with Crippen molar-refractivity contribution in [3.05, 3.63) is 35.4 Å². The van der Waals surface area contributed by atoms with Crippen molar-refractivity contribution in [3.63, 3.8) is 0 Å². The quantitative estimate of drug-likeness (QED) is 0.851. The highest BCUT2D eigenvalue weighted by Gasteiger charge is 2.25. The third-order valence-electron chi connectivity index (χ3n) is 2.94. The fraction of sp³-hybridized carbons (Fsp3) is 0.429. The van der Waals surface area contributed by atoms with Gasteiger partial charge in [0.25, 0.3) is 5.91 Å². The number of hydrogen-bond acceptors (Lipinski definition) is 3. The predicted molar refractivity (Wildman–Crippen MR) is 71.0 cm³/mol. The van der Waals surface area contributed by atoms with Gasteiger partial charge in [0.15, 0.2) is 0 Å². The van der Waals surface area contributed by atoms with Crippen LogP contribution in [0, 0.1) is 0 Å². The lowest BCUT2D eigenvalue weighted by molar-refractivity contribution is -0.142. The minimum atomic E-state index is -0.994. The summed E-state index contributed by atoms with van der Waals surface area (Å²) >= 11 is 0. The maximum atomic E-state index is 12.2. The standard InChI is InChI=1S/C14H19NO4/c1-4-12(14(17)18)15(2)13(16)11-7-5-6-10(8-11)9-19-3/h5-8,12H,4,9H2,1-3H3,(H,17,18). The number of likely N-dealkylation sites (N-methyl/N-ethyl adjacent to an activating group) is 1. The number of carbonyl (C=O) groups excluding carboxylic acids is 1. The zero-order valence-electron chi connectivity index (χ0n) is 11.4. The second-order valence-corrected chi connectivity index (χ2v) is 4.31. The summed E-state index contributed by atoms with van der Waals surface area (Å²) in [7, 11) is 3.09. The van der Waals surface area contributed by atoms with Gasteiger partial charge in [-0.1, -0.05) is 19.1 Å². The van der Waals surface area contributed by atoms with Crippen LogP contribution in [0.2, 0.25) is 0 Å². The summed E-state index contributed by atoms with van der Waals surface area (Å²) in [5.74, 6) is -1.29. The van der Waals surface area contributed by atoms with Crippen molar-refractivity contribution in [1.29, 1.82) is 0 Å². The molecule has 0 heterocycles. The summed E-state index contributed by atoms with van der Waals surface area (Å²) in [5.41, 5.74) is 1.35. The van der Waals surface area contributed by atoms with Crippen LogP contribution in [0.5, 0.6) is 0 Å². The number of carboxylic acid groups (broad SMARTS) is 1. The van der Waals surface area contributed by atoms with Gasteiger partial charge < -0.3 is 14.7 Å². The highest BCUT2D eigenvalue weighted by molar-refractivity contribution is 5.96. The molecule has 104 valence electrons. The van der Waals surface area contributed by atoms with Crippen LogP contribution in [0.3, 0.4) is 0 Å². The number of benzene rings is 1. The molecule has 5 heteroatoms. The lowest BCUT2D eigenvalue weighted by Gasteiger charge is -2.24. The molecule has 5 nitrogen and oxygen atoms in total. The number of hydrogen-bond donors (Lipinski definition) is 1. The summed E-state index contributed by atoms with van der Waals surface area (Å²) in [5, 5.41) is 9.06. The molecule has 0 aliphatic rings. The van der Waals surface area contributed by atoms with Gasteiger partial charge in [-0.15, -0.1) is 0 Å². The number of ether oxygens (including phenoxy) is 1. The number of nitrogens with zero attached hydrogens (tertiary/aromatic N) is 1. The number of methoxy groups -OCH3 is 1. The minimum Gasteiger partial charge on any atom is -0.480 e. The molecular weight excluding hydrogens is 246 g/mol. The lowest BCUT2D eigenvalue weighted by atomic mass is 10.1. The highest BCUT2D eigenvalue weighted by atomic mass is 16.5. The van der Waals surface area contributed by atoms with Crippen molar-refractivity contribution in [2.75, 3.05) is 14.2 Å². The molecule has 0 aliphatic carbocycles. The molecule has 1 unspecified atom stereocenters. The molecule has 1 atom stereocenters. The van der Waals surface area contributed by atoms with Gasteiger partial charge in [0, 0.05) is 19.7 Å². The van der Waals surface area contributed by atoms with E-state index in [0.29, 0.717) is 18.6 Å². The van der Waals surface area contributed by atoms with Crippen molar-refractivity contribution in [3.8, 4) is 0 Å². The largest absolute Gasteiger partial charge is 0.480 e. The molecule has 0 saturated heterocycles. The Hall–Kier alpha value is -1.88. The molecule has 1 N–H and O–H groups in total. The van der Waals surface area contributed by atoms with E-state index in [9.17, 15) is 9.59 Å². The smallest absolute Gasteiger partial charge is 0.326 e. The molecule has 0 aromatic heterocycles. The molecule has 0 spiro atoms. The van der Waals surface area contributed by atoms with Crippen LogP contribution in [-0.2, 0) is 16.1 Å². The first kappa shape index (κ1) is 15.2. The van der Waals surface area contributed by atoms with Crippen LogP contribution < -0.4 is 0 Å². The molecule has 0 fully saturated rings. The van der Waals surface area contributed by atoms with Gasteiger partial charge in [-0.3, -0.25) is 4.79 Å². The van der Waals surface area contributed by atoms with Crippen LogP contribution >= 0.6 is 0 Å². The fourth-order valence-electron chi connectivity index (χ4n) is 1.92. The van der Waals surface area contributed by atoms with E-state index in [0.717, 1.165) is 5.56 Å². The van der Waals surface area contributed by atoms with Gasteiger partial charge in [0.05, 0.1) is 6.61 Å². The van der Waals surface area contributed by atoms with E-state index in [-0.39, 0.29) is 5.91 Å². The van der Waals surface area contributed by atoms with Crippen LogP contribution in [-0.4, -0.2) is 42.1 Å². The molecule has 0 bridgehead atoms. The Morgan fingerprint density at radius 2 is 2.11 bits per heavy atom. The Labute approximate surface area is 112 Å². The van der Waals surface area contributed by atoms with E-state index in [2.05, 4.69) is 0 Å². The molecule has 1 aromatic carbocycles. The van der Waals surface area contributed by atoms with E-state index in [1.807, 2.05) is 6.07 Å². The maximum Gasteiger partial charge on any atom is 0.326 e. The Morgan fingerprint density at radius 3 is 2.63 bits per heavy atom. The van der Waals surface area contributed by atoms with E-state index >= 15 is 0 Å². The van der Waals surface area contributed by atoms with Gasteiger partial charge in [-0.05, 0) is 24.1 Å². The summed E-state index contributed by atoms with van der Waals surface area (Å²) in [6.45, 7) is 2.16. The van der Waals surface area contributed by atoms with E-state index in [4.69, 9.17) is 9.84 Å². The van der Waals surface area contributed by atoms with Crippen LogP contribution in [0.15, 0.2) is 24.3 Å². The number of aliphatic carboxylic acids is 1. The summed E-state index contributed by atoms with van der Waals surface area (Å²) in [4.78, 5) is 24.5. The van der Waals surface area contributed by atoms with Crippen molar-refractivity contribution in [2.45, 2.75) is 26.0 Å². The molecule has 0 saturated carbocycles. The zero-order valence-corrected chi connectivity index (χ0v) is 11.4. The highest BCUT2D eigenvalue weighted by Crippen LogP contribution is 2.12. The average molecular weight is 265 g/mol. The third kappa shape index (κ3) is 3.79. The van der Waals surface area contributed by atoms with Crippen LogP contribution in [0.1, 0.15) is 29.3 Å². The summed E-state index contributed by atoms with van der Waals surface area (Å²) < 4.78 is 5.01. The van der Waals surface area contributed by atoms with Crippen molar-refractivity contribution in [1.82, 2.24) is 4.90 Å².